The quantitative estimate of drug-likeness (QED) is 0.749. The van der Waals surface area contributed by atoms with Crippen LogP contribution in [0.4, 0.5) is 5.82 Å². The molecule has 0 aromatic carbocycles. The third-order valence-corrected chi connectivity index (χ3v) is 3.86. The van der Waals surface area contributed by atoms with Crippen LogP contribution in [0.3, 0.4) is 0 Å². The predicted molar refractivity (Wildman–Crippen MR) is 64.4 cm³/mol. The van der Waals surface area contributed by atoms with Gasteiger partial charge in [-0.05, 0) is 45.1 Å². The van der Waals surface area contributed by atoms with Crippen LogP contribution in [0.5, 0.6) is 0 Å². The Balaban J connectivity index is 1.93. The van der Waals surface area contributed by atoms with Gasteiger partial charge in [-0.2, -0.15) is 5.10 Å². The van der Waals surface area contributed by atoms with Gasteiger partial charge in [0.1, 0.15) is 5.82 Å². The molecule has 16 heavy (non-hydrogen) atoms. The molecule has 3 N–H and O–H groups in total. The van der Waals surface area contributed by atoms with Crippen molar-refractivity contribution in [2.24, 2.45) is 0 Å². The fraction of sp³-hybridized carbons (Fsp3) is 0.750. The fourth-order valence-corrected chi connectivity index (χ4v) is 3.00. The van der Waals surface area contributed by atoms with E-state index in [1.165, 1.54) is 36.9 Å². The summed E-state index contributed by atoms with van der Waals surface area (Å²) in [5.41, 5.74) is 8.76. The van der Waals surface area contributed by atoms with Crippen molar-refractivity contribution in [1.82, 2.24) is 15.1 Å². The molecule has 2 aliphatic rings. The maximum absolute atomic E-state index is 6.02. The number of hydrogen-bond donors (Lipinski definition) is 2. The zero-order valence-corrected chi connectivity index (χ0v) is 9.71. The number of nitrogen functional groups attached to an aromatic ring is 1. The number of hydrogen-bond acceptors (Lipinski definition) is 3. The molecule has 4 nitrogen and oxygen atoms in total. The molecule has 1 atom stereocenters. The van der Waals surface area contributed by atoms with Gasteiger partial charge in [-0.15, -0.1) is 0 Å². The Morgan fingerprint density at radius 3 is 2.94 bits per heavy atom. The van der Waals surface area contributed by atoms with Gasteiger partial charge in [0.25, 0.3) is 0 Å². The van der Waals surface area contributed by atoms with E-state index in [9.17, 15) is 0 Å². The van der Waals surface area contributed by atoms with E-state index in [1.54, 1.807) is 0 Å². The van der Waals surface area contributed by atoms with Crippen molar-refractivity contribution in [2.45, 2.75) is 44.6 Å². The Labute approximate surface area is 96.2 Å². The highest BCUT2D eigenvalue weighted by atomic mass is 15.3. The molecule has 0 spiro atoms. The average molecular weight is 220 g/mol. The number of anilines is 1. The molecule has 0 bridgehead atoms. The number of piperidine rings is 1. The van der Waals surface area contributed by atoms with Gasteiger partial charge in [-0.25, -0.2) is 0 Å². The van der Waals surface area contributed by atoms with Crippen LogP contribution in [-0.4, -0.2) is 22.9 Å². The number of rotatable bonds is 1. The Bertz CT molecular complexity index is 377. The topological polar surface area (TPSA) is 55.9 Å². The van der Waals surface area contributed by atoms with Crippen molar-refractivity contribution in [2.75, 3.05) is 18.8 Å². The van der Waals surface area contributed by atoms with E-state index in [-0.39, 0.29) is 0 Å². The number of aromatic nitrogens is 2. The third-order valence-electron chi connectivity index (χ3n) is 3.86. The van der Waals surface area contributed by atoms with Crippen molar-refractivity contribution in [3.05, 3.63) is 11.3 Å². The molecule has 1 aliphatic carbocycles. The van der Waals surface area contributed by atoms with E-state index in [1.807, 2.05) is 0 Å². The lowest BCUT2D eigenvalue weighted by atomic mass is 9.96. The summed E-state index contributed by atoms with van der Waals surface area (Å²) in [5.74, 6) is 0.778. The van der Waals surface area contributed by atoms with Gasteiger partial charge in [0.05, 0.1) is 6.04 Å². The van der Waals surface area contributed by atoms with Crippen LogP contribution < -0.4 is 11.1 Å². The van der Waals surface area contributed by atoms with E-state index >= 15 is 0 Å². The van der Waals surface area contributed by atoms with Crippen molar-refractivity contribution in [1.29, 1.82) is 0 Å². The third kappa shape index (κ3) is 1.61. The van der Waals surface area contributed by atoms with E-state index < -0.39 is 0 Å². The van der Waals surface area contributed by atoms with Crippen LogP contribution in [0.25, 0.3) is 0 Å². The summed E-state index contributed by atoms with van der Waals surface area (Å²) in [4.78, 5) is 0. The predicted octanol–water partition coefficient (Wildman–Crippen LogP) is 1.27. The Kier molecular flexibility index (Phi) is 2.59. The van der Waals surface area contributed by atoms with Crippen LogP contribution >= 0.6 is 0 Å². The SMILES string of the molecule is Nc1nn(C2CCCNC2)c2c1CCCC2. The highest BCUT2D eigenvalue weighted by Gasteiger charge is 2.24. The van der Waals surface area contributed by atoms with Gasteiger partial charge in [0, 0.05) is 17.8 Å². The van der Waals surface area contributed by atoms with Gasteiger partial charge in [0.15, 0.2) is 0 Å². The monoisotopic (exact) mass is 220 g/mol. The summed E-state index contributed by atoms with van der Waals surface area (Å²) in [6, 6.07) is 0.526. The standard InChI is InChI=1S/C12H20N4/c13-12-10-5-1-2-6-11(10)16(15-12)9-4-3-7-14-8-9/h9,14H,1-8H2,(H2,13,15). The second-order valence-electron chi connectivity index (χ2n) is 4.96. The van der Waals surface area contributed by atoms with Gasteiger partial charge >= 0.3 is 0 Å². The lowest BCUT2D eigenvalue weighted by molar-refractivity contribution is 0.337. The first-order valence-corrected chi connectivity index (χ1v) is 6.42. The summed E-state index contributed by atoms with van der Waals surface area (Å²) in [5, 5.41) is 8.02. The molecule has 0 radical (unpaired) electrons. The van der Waals surface area contributed by atoms with Crippen LogP contribution in [-0.2, 0) is 12.8 Å². The van der Waals surface area contributed by atoms with Crippen molar-refractivity contribution < 1.29 is 0 Å². The first-order valence-electron chi connectivity index (χ1n) is 6.42. The van der Waals surface area contributed by atoms with Gasteiger partial charge < -0.3 is 11.1 Å². The smallest absolute Gasteiger partial charge is 0.148 e. The zero-order valence-electron chi connectivity index (χ0n) is 9.71. The maximum atomic E-state index is 6.02. The molecule has 4 heteroatoms. The minimum Gasteiger partial charge on any atom is -0.382 e. The lowest BCUT2D eigenvalue weighted by Gasteiger charge is -2.25. The second kappa shape index (κ2) is 4.09. The van der Waals surface area contributed by atoms with Crippen molar-refractivity contribution in [3.8, 4) is 0 Å². The first kappa shape index (κ1) is 10.1. The highest BCUT2D eigenvalue weighted by Crippen LogP contribution is 2.29. The largest absolute Gasteiger partial charge is 0.382 e. The summed E-state index contributed by atoms with van der Waals surface area (Å²) >= 11 is 0. The molecular formula is C12H20N4. The molecular weight excluding hydrogens is 200 g/mol. The van der Waals surface area contributed by atoms with Gasteiger partial charge in [-0.3, -0.25) is 4.68 Å². The summed E-state index contributed by atoms with van der Waals surface area (Å²) in [6.07, 6.45) is 7.33. The molecule has 1 aromatic heterocycles. The molecule has 1 fully saturated rings. The first-order chi connectivity index (χ1) is 7.86. The average Bonchev–Trinajstić information content (AvgIpc) is 2.69. The molecule has 1 aliphatic heterocycles. The van der Waals surface area contributed by atoms with Crippen LogP contribution in [0.2, 0.25) is 0 Å². The number of nitrogens with one attached hydrogen (secondary N) is 1. The van der Waals surface area contributed by atoms with E-state index in [0.717, 1.165) is 31.7 Å². The van der Waals surface area contributed by atoms with E-state index in [4.69, 9.17) is 5.73 Å². The molecule has 88 valence electrons. The van der Waals surface area contributed by atoms with E-state index in [2.05, 4.69) is 15.1 Å². The van der Waals surface area contributed by atoms with Crippen LogP contribution in [0.1, 0.15) is 43.0 Å². The van der Waals surface area contributed by atoms with Crippen LogP contribution in [0.15, 0.2) is 0 Å². The van der Waals surface area contributed by atoms with Crippen LogP contribution in [0, 0.1) is 0 Å². The van der Waals surface area contributed by atoms with Gasteiger partial charge in [0.2, 0.25) is 0 Å². The summed E-state index contributed by atoms with van der Waals surface area (Å²) < 4.78 is 2.22. The Hall–Kier alpha value is -1.03. The molecule has 1 saturated heterocycles. The maximum Gasteiger partial charge on any atom is 0.148 e. The Morgan fingerprint density at radius 2 is 2.12 bits per heavy atom. The minimum absolute atomic E-state index is 0.526. The number of nitrogens with zero attached hydrogens (tertiary/aromatic N) is 2. The Morgan fingerprint density at radius 1 is 1.25 bits per heavy atom. The number of nitrogens with two attached hydrogens (primary N) is 1. The molecule has 3 rings (SSSR count). The van der Waals surface area contributed by atoms with Crippen molar-refractivity contribution >= 4 is 5.82 Å². The van der Waals surface area contributed by atoms with Gasteiger partial charge in [-0.1, -0.05) is 0 Å². The minimum atomic E-state index is 0.526. The molecule has 0 amide bonds. The summed E-state index contributed by atoms with van der Waals surface area (Å²) in [7, 11) is 0. The summed E-state index contributed by atoms with van der Waals surface area (Å²) in [6.45, 7) is 2.20. The fourth-order valence-electron chi connectivity index (χ4n) is 3.00. The highest BCUT2D eigenvalue weighted by molar-refractivity contribution is 5.44. The van der Waals surface area contributed by atoms with Crippen molar-refractivity contribution in [3.63, 3.8) is 0 Å². The number of fused-ring (bicyclic) bond motifs is 1. The molecule has 1 unspecified atom stereocenters. The molecule has 0 saturated carbocycles. The molecule has 2 heterocycles. The molecule has 1 aromatic rings. The normalized spacial score (nSPS) is 25.4. The lowest BCUT2D eigenvalue weighted by Crippen LogP contribution is -2.33. The second-order valence-corrected chi connectivity index (χ2v) is 4.96. The van der Waals surface area contributed by atoms with E-state index in [0.29, 0.717) is 6.04 Å². The zero-order chi connectivity index (χ0) is 11.0.